The van der Waals surface area contributed by atoms with Crippen LogP contribution in [-0.2, 0) is 6.54 Å². The van der Waals surface area contributed by atoms with Crippen molar-refractivity contribution < 1.29 is 19.3 Å². The highest BCUT2D eigenvalue weighted by Crippen LogP contribution is 2.24. The molecule has 2 aliphatic rings. The van der Waals surface area contributed by atoms with Gasteiger partial charge in [-0.05, 0) is 37.0 Å². The molecule has 0 saturated carbocycles. The number of nitrogens with zero attached hydrogens (tertiary/aromatic N) is 2. The minimum absolute atomic E-state index is 0.177. The fourth-order valence-electron chi connectivity index (χ4n) is 3.83. The highest BCUT2D eigenvalue weighted by Gasteiger charge is 2.33. The smallest absolute Gasteiger partial charge is 0.165 e. The van der Waals surface area contributed by atoms with Crippen molar-refractivity contribution in [2.24, 2.45) is 0 Å². The van der Waals surface area contributed by atoms with Gasteiger partial charge < -0.3 is 14.9 Å². The van der Waals surface area contributed by atoms with Crippen LogP contribution in [0.1, 0.15) is 24.8 Å². The molecule has 0 aromatic heterocycles. The summed E-state index contributed by atoms with van der Waals surface area (Å²) in [4.78, 5) is 4.52. The number of rotatable bonds is 4. The SMILES string of the molecule is COc1cc(CN2CC[C@@H](N3CCC(O)CC3)[C@H](O)C2)ccc1F. The van der Waals surface area contributed by atoms with E-state index < -0.39 is 6.10 Å². The number of aliphatic hydroxyl groups excluding tert-OH is 2. The second-order valence-electron chi connectivity index (χ2n) is 6.89. The van der Waals surface area contributed by atoms with Crippen LogP contribution in [-0.4, -0.2) is 71.6 Å². The van der Waals surface area contributed by atoms with Crippen molar-refractivity contribution in [2.75, 3.05) is 33.3 Å². The number of likely N-dealkylation sites (tertiary alicyclic amines) is 2. The van der Waals surface area contributed by atoms with E-state index in [9.17, 15) is 14.6 Å². The lowest BCUT2D eigenvalue weighted by atomic mass is 9.96. The van der Waals surface area contributed by atoms with E-state index in [1.54, 1.807) is 12.1 Å². The minimum atomic E-state index is -0.392. The molecule has 0 amide bonds. The number of benzene rings is 1. The summed E-state index contributed by atoms with van der Waals surface area (Å²) in [6, 6.07) is 5.09. The van der Waals surface area contributed by atoms with Crippen LogP contribution < -0.4 is 4.74 Å². The number of piperidine rings is 2. The summed E-state index contributed by atoms with van der Waals surface area (Å²) in [6.07, 6.45) is 1.92. The van der Waals surface area contributed by atoms with Gasteiger partial charge in [-0.3, -0.25) is 9.80 Å². The Morgan fingerprint density at radius 3 is 2.58 bits per heavy atom. The molecule has 0 unspecified atom stereocenters. The van der Waals surface area contributed by atoms with Crippen LogP contribution in [0, 0.1) is 5.82 Å². The highest BCUT2D eigenvalue weighted by molar-refractivity contribution is 5.30. The molecule has 2 N–H and O–H groups in total. The average molecular weight is 338 g/mol. The maximum atomic E-state index is 13.5. The predicted molar refractivity (Wildman–Crippen MR) is 89.5 cm³/mol. The molecule has 1 aromatic carbocycles. The van der Waals surface area contributed by atoms with Gasteiger partial charge in [-0.25, -0.2) is 4.39 Å². The normalized spacial score (nSPS) is 27.3. The summed E-state index contributed by atoms with van der Waals surface area (Å²) in [5, 5.41) is 20.2. The van der Waals surface area contributed by atoms with E-state index in [0.717, 1.165) is 44.5 Å². The molecule has 0 spiro atoms. The fraction of sp³-hybridized carbons (Fsp3) is 0.667. The van der Waals surface area contributed by atoms with Gasteiger partial charge in [0.25, 0.3) is 0 Å². The molecule has 0 bridgehead atoms. The van der Waals surface area contributed by atoms with Gasteiger partial charge in [-0.2, -0.15) is 0 Å². The second-order valence-corrected chi connectivity index (χ2v) is 6.89. The Morgan fingerprint density at radius 2 is 1.92 bits per heavy atom. The summed E-state index contributed by atoms with van der Waals surface area (Å²) in [5.74, 6) is -0.0953. The van der Waals surface area contributed by atoms with E-state index in [2.05, 4.69) is 9.80 Å². The van der Waals surface area contributed by atoms with Gasteiger partial charge in [-0.1, -0.05) is 6.07 Å². The summed E-state index contributed by atoms with van der Waals surface area (Å²) in [5.41, 5.74) is 0.986. The minimum Gasteiger partial charge on any atom is -0.494 e. The van der Waals surface area contributed by atoms with Gasteiger partial charge in [0, 0.05) is 38.8 Å². The average Bonchev–Trinajstić information content (AvgIpc) is 2.58. The Labute approximate surface area is 142 Å². The molecule has 0 aliphatic carbocycles. The number of ether oxygens (including phenoxy) is 1. The topological polar surface area (TPSA) is 56.2 Å². The van der Waals surface area contributed by atoms with Crippen molar-refractivity contribution >= 4 is 0 Å². The van der Waals surface area contributed by atoms with Crippen molar-refractivity contribution in [3.05, 3.63) is 29.6 Å². The van der Waals surface area contributed by atoms with Crippen molar-refractivity contribution in [2.45, 2.75) is 44.1 Å². The number of hydrogen-bond acceptors (Lipinski definition) is 5. The van der Waals surface area contributed by atoms with E-state index in [1.807, 2.05) is 0 Å². The van der Waals surface area contributed by atoms with Crippen molar-refractivity contribution in [3.8, 4) is 5.75 Å². The molecule has 3 rings (SSSR count). The van der Waals surface area contributed by atoms with Crippen LogP contribution in [0.5, 0.6) is 5.75 Å². The molecule has 134 valence electrons. The zero-order valence-corrected chi connectivity index (χ0v) is 14.2. The third-order valence-electron chi connectivity index (χ3n) is 5.22. The lowest BCUT2D eigenvalue weighted by Gasteiger charge is -2.43. The standard InChI is InChI=1S/C18H27FN2O3/c1-24-18-10-13(2-3-15(18)19)11-20-7-6-16(17(23)12-20)21-8-4-14(22)5-9-21/h2-3,10,14,16-17,22-23H,4-9,11-12H2,1H3/t16-,17-/m1/s1. The molecular formula is C18H27FN2O3. The molecule has 0 radical (unpaired) electrons. The molecule has 2 aliphatic heterocycles. The number of halogens is 1. The zero-order chi connectivity index (χ0) is 17.1. The molecule has 24 heavy (non-hydrogen) atoms. The van der Waals surface area contributed by atoms with Crippen LogP contribution in [0.25, 0.3) is 0 Å². The van der Waals surface area contributed by atoms with Crippen LogP contribution in [0.4, 0.5) is 4.39 Å². The van der Waals surface area contributed by atoms with Crippen molar-refractivity contribution in [1.82, 2.24) is 9.80 Å². The van der Waals surface area contributed by atoms with Gasteiger partial charge in [0.2, 0.25) is 0 Å². The monoisotopic (exact) mass is 338 g/mol. The molecule has 6 heteroatoms. The third kappa shape index (κ3) is 4.06. The Hall–Kier alpha value is -1.21. The summed E-state index contributed by atoms with van der Waals surface area (Å²) in [7, 11) is 1.47. The Balaban J connectivity index is 1.55. The lowest BCUT2D eigenvalue weighted by molar-refractivity contribution is -0.0355. The summed E-state index contributed by atoms with van der Waals surface area (Å²) >= 11 is 0. The van der Waals surface area contributed by atoms with Gasteiger partial charge in [0.05, 0.1) is 19.3 Å². The predicted octanol–water partition coefficient (Wildman–Crippen LogP) is 1.23. The zero-order valence-electron chi connectivity index (χ0n) is 14.2. The molecule has 2 saturated heterocycles. The Bertz CT molecular complexity index is 549. The highest BCUT2D eigenvalue weighted by atomic mass is 19.1. The van der Waals surface area contributed by atoms with E-state index in [4.69, 9.17) is 4.74 Å². The second kappa shape index (κ2) is 7.78. The Morgan fingerprint density at radius 1 is 1.17 bits per heavy atom. The first kappa shape index (κ1) is 17.6. The Kier molecular flexibility index (Phi) is 5.71. The lowest BCUT2D eigenvalue weighted by Crippen LogP contribution is -2.55. The van der Waals surface area contributed by atoms with Gasteiger partial charge >= 0.3 is 0 Å². The first-order valence-corrected chi connectivity index (χ1v) is 8.72. The van der Waals surface area contributed by atoms with E-state index in [-0.39, 0.29) is 23.7 Å². The summed E-state index contributed by atoms with van der Waals surface area (Å²) < 4.78 is 18.5. The maximum absolute atomic E-state index is 13.5. The van der Waals surface area contributed by atoms with Crippen LogP contribution in [0.15, 0.2) is 18.2 Å². The van der Waals surface area contributed by atoms with Crippen LogP contribution >= 0.6 is 0 Å². The third-order valence-corrected chi connectivity index (χ3v) is 5.22. The van der Waals surface area contributed by atoms with Gasteiger partial charge in [0.1, 0.15) is 0 Å². The number of hydrogen-bond donors (Lipinski definition) is 2. The molecule has 1 aromatic rings. The molecule has 2 fully saturated rings. The van der Waals surface area contributed by atoms with E-state index in [0.29, 0.717) is 13.1 Å². The van der Waals surface area contributed by atoms with Crippen molar-refractivity contribution in [3.63, 3.8) is 0 Å². The molecule has 2 atom stereocenters. The van der Waals surface area contributed by atoms with Crippen LogP contribution in [0.2, 0.25) is 0 Å². The first-order valence-electron chi connectivity index (χ1n) is 8.72. The fourth-order valence-corrected chi connectivity index (χ4v) is 3.83. The number of β-amino-alcohol motifs (C(OH)–C–C–N with tert-alkyl or cyclic N) is 1. The number of methoxy groups -OCH3 is 1. The van der Waals surface area contributed by atoms with Crippen LogP contribution in [0.3, 0.4) is 0 Å². The maximum Gasteiger partial charge on any atom is 0.165 e. The molecular weight excluding hydrogens is 311 g/mol. The molecule has 5 nitrogen and oxygen atoms in total. The first-order chi connectivity index (χ1) is 11.6. The summed E-state index contributed by atoms with van der Waals surface area (Å²) in [6.45, 7) is 3.92. The van der Waals surface area contributed by atoms with E-state index in [1.165, 1.54) is 13.2 Å². The van der Waals surface area contributed by atoms with Gasteiger partial charge in [-0.15, -0.1) is 0 Å². The molecule has 2 heterocycles. The van der Waals surface area contributed by atoms with Crippen molar-refractivity contribution in [1.29, 1.82) is 0 Å². The quantitative estimate of drug-likeness (QED) is 0.865. The van der Waals surface area contributed by atoms with Gasteiger partial charge in [0.15, 0.2) is 11.6 Å². The van der Waals surface area contributed by atoms with E-state index >= 15 is 0 Å². The number of aliphatic hydroxyl groups is 2. The largest absolute Gasteiger partial charge is 0.494 e.